The molecule has 0 bridgehead atoms. The highest BCUT2D eigenvalue weighted by Gasteiger charge is 2.15. The summed E-state index contributed by atoms with van der Waals surface area (Å²) in [6.45, 7) is 0. The first-order valence-corrected chi connectivity index (χ1v) is 7.87. The number of Topliss-reactive ketones (excluding diaryl/α,β-unsaturated/α-hetero) is 1. The number of halogens is 1. The molecule has 0 aliphatic rings. The van der Waals surface area contributed by atoms with Crippen LogP contribution in [-0.4, -0.2) is 26.9 Å². The van der Waals surface area contributed by atoms with Gasteiger partial charge in [-0.2, -0.15) is 0 Å². The first kappa shape index (κ1) is 18.6. The Morgan fingerprint density at radius 1 is 1.28 bits per heavy atom. The Bertz CT molecular complexity index is 728. The number of carbonyl (C=O) groups excluding carboxylic acids is 1. The Labute approximate surface area is 144 Å². The van der Waals surface area contributed by atoms with Crippen molar-refractivity contribution < 1.29 is 23.9 Å². The SMILES string of the molecule is N/C(CCC(=O)CCCC(O)c1coc(-c2ccc(F)cc2)n1)=N\O. The van der Waals surface area contributed by atoms with Crippen LogP contribution in [0.5, 0.6) is 0 Å². The first-order valence-electron chi connectivity index (χ1n) is 7.87. The number of hydrogen-bond donors (Lipinski definition) is 3. The smallest absolute Gasteiger partial charge is 0.226 e. The maximum Gasteiger partial charge on any atom is 0.226 e. The van der Waals surface area contributed by atoms with Crippen molar-refractivity contribution in [3.63, 3.8) is 0 Å². The van der Waals surface area contributed by atoms with Gasteiger partial charge in [0.15, 0.2) is 0 Å². The van der Waals surface area contributed by atoms with Crippen LogP contribution in [0.15, 0.2) is 40.1 Å². The van der Waals surface area contributed by atoms with Gasteiger partial charge in [0.1, 0.15) is 29.4 Å². The summed E-state index contributed by atoms with van der Waals surface area (Å²) in [6, 6.07) is 5.68. The molecule has 1 heterocycles. The highest BCUT2D eigenvalue weighted by Crippen LogP contribution is 2.24. The van der Waals surface area contributed by atoms with Gasteiger partial charge in [-0.1, -0.05) is 5.16 Å². The molecule has 7 nitrogen and oxygen atoms in total. The third-order valence-corrected chi connectivity index (χ3v) is 3.68. The fourth-order valence-corrected chi connectivity index (χ4v) is 2.25. The molecule has 2 aromatic rings. The molecule has 0 saturated heterocycles. The Morgan fingerprint density at radius 2 is 2.00 bits per heavy atom. The van der Waals surface area contributed by atoms with Crippen molar-refractivity contribution in [2.24, 2.45) is 10.9 Å². The van der Waals surface area contributed by atoms with Gasteiger partial charge in [0, 0.05) is 24.8 Å². The number of aromatic nitrogens is 1. The minimum absolute atomic E-state index is 0.0179. The van der Waals surface area contributed by atoms with Crippen molar-refractivity contribution >= 4 is 11.6 Å². The third-order valence-electron chi connectivity index (χ3n) is 3.68. The number of nitrogens with zero attached hydrogens (tertiary/aromatic N) is 2. The van der Waals surface area contributed by atoms with Crippen molar-refractivity contribution in [2.45, 2.75) is 38.2 Å². The second kappa shape index (κ2) is 8.93. The summed E-state index contributed by atoms with van der Waals surface area (Å²) in [7, 11) is 0. The topological polar surface area (TPSA) is 122 Å². The zero-order chi connectivity index (χ0) is 18.2. The molecular weight excluding hydrogens is 329 g/mol. The van der Waals surface area contributed by atoms with Gasteiger partial charge in [-0.05, 0) is 37.1 Å². The van der Waals surface area contributed by atoms with Crippen molar-refractivity contribution in [2.75, 3.05) is 0 Å². The van der Waals surface area contributed by atoms with E-state index in [1.165, 1.54) is 30.5 Å². The summed E-state index contributed by atoms with van der Waals surface area (Å²) >= 11 is 0. The molecule has 0 aliphatic heterocycles. The van der Waals surface area contributed by atoms with Crippen LogP contribution in [0.2, 0.25) is 0 Å². The molecule has 0 aliphatic carbocycles. The molecule has 1 aromatic heterocycles. The first-order chi connectivity index (χ1) is 12.0. The number of nitrogens with two attached hydrogens (primary N) is 1. The van der Waals surface area contributed by atoms with E-state index in [-0.39, 0.29) is 30.3 Å². The predicted octanol–water partition coefficient (Wildman–Crippen LogP) is 2.78. The van der Waals surface area contributed by atoms with Gasteiger partial charge >= 0.3 is 0 Å². The Morgan fingerprint density at radius 3 is 2.68 bits per heavy atom. The highest BCUT2D eigenvalue weighted by atomic mass is 19.1. The van der Waals surface area contributed by atoms with E-state index in [0.29, 0.717) is 36.4 Å². The van der Waals surface area contributed by atoms with E-state index in [0.717, 1.165) is 0 Å². The van der Waals surface area contributed by atoms with Crippen LogP contribution in [0.3, 0.4) is 0 Å². The second-order valence-electron chi connectivity index (χ2n) is 5.62. The van der Waals surface area contributed by atoms with Gasteiger partial charge in [-0.15, -0.1) is 0 Å². The lowest BCUT2D eigenvalue weighted by atomic mass is 10.1. The Kier molecular flexibility index (Phi) is 6.64. The van der Waals surface area contributed by atoms with Gasteiger partial charge in [0.25, 0.3) is 0 Å². The molecule has 0 amide bonds. The molecular formula is C17H20FN3O4. The van der Waals surface area contributed by atoms with Crippen LogP contribution in [0.1, 0.15) is 43.9 Å². The van der Waals surface area contributed by atoms with E-state index < -0.39 is 6.10 Å². The van der Waals surface area contributed by atoms with E-state index in [4.69, 9.17) is 15.4 Å². The van der Waals surface area contributed by atoms with Crippen LogP contribution in [0.25, 0.3) is 11.5 Å². The van der Waals surface area contributed by atoms with Gasteiger partial charge < -0.3 is 20.5 Å². The van der Waals surface area contributed by atoms with E-state index in [1.807, 2.05) is 0 Å². The van der Waals surface area contributed by atoms with Crippen LogP contribution in [0, 0.1) is 5.82 Å². The number of rotatable bonds is 9. The normalized spacial score (nSPS) is 13.0. The predicted molar refractivity (Wildman–Crippen MR) is 88.4 cm³/mol. The molecule has 0 fully saturated rings. The molecule has 4 N–H and O–H groups in total. The lowest BCUT2D eigenvalue weighted by Gasteiger charge is -2.06. The molecule has 0 spiro atoms. The summed E-state index contributed by atoms with van der Waals surface area (Å²) in [6.07, 6.45) is 2.03. The number of carbonyl (C=O) groups is 1. The van der Waals surface area contributed by atoms with E-state index in [1.54, 1.807) is 0 Å². The van der Waals surface area contributed by atoms with Crippen LogP contribution in [-0.2, 0) is 4.79 Å². The molecule has 2 rings (SSSR count). The summed E-state index contributed by atoms with van der Waals surface area (Å²) in [5.74, 6) is -0.0635. The van der Waals surface area contributed by atoms with Crippen molar-refractivity contribution in [1.29, 1.82) is 0 Å². The lowest BCUT2D eigenvalue weighted by Crippen LogP contribution is -2.13. The zero-order valence-electron chi connectivity index (χ0n) is 13.6. The molecule has 134 valence electrons. The molecule has 25 heavy (non-hydrogen) atoms. The Balaban J connectivity index is 1.80. The summed E-state index contributed by atoms with van der Waals surface area (Å²) in [5, 5.41) is 21.3. The summed E-state index contributed by atoms with van der Waals surface area (Å²) in [5.41, 5.74) is 6.27. The van der Waals surface area contributed by atoms with Crippen LogP contribution in [0.4, 0.5) is 4.39 Å². The maximum atomic E-state index is 12.9. The molecule has 1 unspecified atom stereocenters. The average molecular weight is 349 g/mol. The van der Waals surface area contributed by atoms with E-state index in [2.05, 4.69) is 10.1 Å². The highest BCUT2D eigenvalue weighted by molar-refractivity contribution is 5.86. The molecule has 1 atom stereocenters. The molecule has 8 heteroatoms. The number of ketones is 1. The minimum Gasteiger partial charge on any atom is -0.444 e. The monoisotopic (exact) mass is 349 g/mol. The average Bonchev–Trinajstić information content (AvgIpc) is 3.10. The number of aliphatic hydroxyl groups is 1. The number of hydrogen-bond acceptors (Lipinski definition) is 6. The van der Waals surface area contributed by atoms with Crippen molar-refractivity contribution in [3.8, 4) is 11.5 Å². The number of benzene rings is 1. The van der Waals surface area contributed by atoms with Crippen molar-refractivity contribution in [3.05, 3.63) is 42.0 Å². The van der Waals surface area contributed by atoms with Crippen molar-refractivity contribution in [1.82, 2.24) is 4.98 Å². The molecule has 0 saturated carbocycles. The number of oxime groups is 1. The summed E-state index contributed by atoms with van der Waals surface area (Å²) < 4.78 is 18.2. The number of oxazole rings is 1. The van der Waals surface area contributed by atoms with Gasteiger partial charge in [-0.3, -0.25) is 4.79 Å². The Hall–Kier alpha value is -2.74. The van der Waals surface area contributed by atoms with Gasteiger partial charge in [0.2, 0.25) is 5.89 Å². The third kappa shape index (κ3) is 5.68. The van der Waals surface area contributed by atoms with E-state index >= 15 is 0 Å². The largest absolute Gasteiger partial charge is 0.444 e. The quantitative estimate of drug-likeness (QED) is 0.277. The fraction of sp³-hybridized carbons (Fsp3) is 0.353. The molecule has 1 aromatic carbocycles. The standard InChI is InChI=1S/C17H20FN3O4/c18-12-6-4-11(5-7-12)17-20-14(10-25-17)15(23)3-1-2-13(22)8-9-16(19)21-24/h4-7,10,15,23-24H,1-3,8-9H2,(H2,19,21). The maximum absolute atomic E-state index is 12.9. The second-order valence-corrected chi connectivity index (χ2v) is 5.62. The molecule has 0 radical (unpaired) electrons. The fourth-order valence-electron chi connectivity index (χ4n) is 2.25. The van der Waals surface area contributed by atoms with Crippen LogP contribution >= 0.6 is 0 Å². The summed E-state index contributed by atoms with van der Waals surface area (Å²) in [4.78, 5) is 15.9. The van der Waals surface area contributed by atoms with Gasteiger partial charge in [0.05, 0.1) is 6.10 Å². The number of amidine groups is 1. The number of aliphatic hydroxyl groups excluding tert-OH is 1. The zero-order valence-corrected chi connectivity index (χ0v) is 13.6. The van der Waals surface area contributed by atoms with E-state index in [9.17, 15) is 14.3 Å². The lowest BCUT2D eigenvalue weighted by molar-refractivity contribution is -0.119. The van der Waals surface area contributed by atoms with Crippen LogP contribution < -0.4 is 5.73 Å². The van der Waals surface area contributed by atoms with Gasteiger partial charge in [-0.25, -0.2) is 9.37 Å². The minimum atomic E-state index is -0.852.